The molecule has 0 bridgehead atoms. The summed E-state index contributed by atoms with van der Waals surface area (Å²) in [7, 11) is 0. The van der Waals surface area contributed by atoms with E-state index in [0.29, 0.717) is 66.2 Å². The minimum atomic E-state index is 0.286. The molecule has 1 saturated carbocycles. The van der Waals surface area contributed by atoms with Gasteiger partial charge in [0, 0.05) is 69.5 Å². The van der Waals surface area contributed by atoms with Crippen molar-refractivity contribution in [2.75, 3.05) is 39.3 Å². The fourth-order valence-electron chi connectivity index (χ4n) is 21.2. The van der Waals surface area contributed by atoms with Crippen LogP contribution >= 0.6 is 0 Å². The van der Waals surface area contributed by atoms with Crippen LogP contribution in [0.1, 0.15) is 381 Å². The van der Waals surface area contributed by atoms with Gasteiger partial charge in [-0.2, -0.15) is 0 Å². The standard InChI is InChI=1S/C18H35N.C16H33N.C15H31N.C15H29N.C14H29N.C13H27N/c1-17(2,3)16-15(14-10-8-7-9-11-14)12-13-19(16)18(4,5)6;1-9-12(2)13-10-11-17(16(6,7)8)14(13)15(3,4)5;1-11(2)12-9-10-16(15(6,7)8)13(12)14(3,4)5;1-8-9-12-10-11-16(15(5,6)7)13(12)14(2,3)4;1-8-11-9-10-15(14(5,6)7)12(11)13(2,3)4;1-10-8-9-14(13(5,6)7)11(10)12(2,3)4/h14-16H,7-13H2,1-6H3;12-14H,9-11H2,1-8H3;11-13H,9-10H2,1-8H3;8,12-13H,1,9-11H2,2-7H3;11-12H,8-10H2,1-7H3;10-11H,8-9H2,1-7H3. The molecule has 578 valence electrons. The van der Waals surface area contributed by atoms with Gasteiger partial charge in [0.1, 0.15) is 0 Å². The van der Waals surface area contributed by atoms with Gasteiger partial charge < -0.3 is 0 Å². The van der Waals surface area contributed by atoms with Crippen molar-refractivity contribution in [3.63, 3.8) is 0 Å². The lowest BCUT2D eigenvalue weighted by Gasteiger charge is -2.47. The Bertz CT molecular complexity index is 2220. The Balaban J connectivity index is 0.000000397. The third-order valence-electron chi connectivity index (χ3n) is 25.1. The number of hydrogen-bond acceptors (Lipinski definition) is 6. The van der Waals surface area contributed by atoms with E-state index in [1.807, 2.05) is 0 Å². The SMILES string of the molecule is C=CCC1CCN(C(C)(C)C)C1C(C)(C)C.CC(C)(C)C1C(C2CCCCC2)CCN1C(C)(C)C.CC(C)C1CCN(C(C)(C)C)C1C(C)(C)C.CC1CCN(C(C)(C)C)C1C(C)(C)C.CCC(C)C1CCN(C(C)(C)C)C1C(C)(C)C.CCC1CCN(C(C)(C)C)C1C(C)(C)C. The lowest BCUT2D eigenvalue weighted by molar-refractivity contribution is 0.0215. The van der Waals surface area contributed by atoms with Crippen LogP contribution in [0.15, 0.2) is 12.7 Å². The van der Waals surface area contributed by atoms with Crippen LogP contribution in [0.5, 0.6) is 0 Å². The molecule has 6 nitrogen and oxygen atoms in total. The van der Waals surface area contributed by atoms with Gasteiger partial charge in [-0.15, -0.1) is 6.58 Å². The van der Waals surface area contributed by atoms with Gasteiger partial charge in [0.2, 0.25) is 0 Å². The third kappa shape index (κ3) is 26.8. The first-order valence-electron chi connectivity index (χ1n) is 41.6. The second-order valence-corrected chi connectivity index (χ2v) is 46.2. The third-order valence-corrected chi connectivity index (χ3v) is 25.1. The summed E-state index contributed by atoms with van der Waals surface area (Å²) in [4.78, 5) is 16.4. The van der Waals surface area contributed by atoms with Crippen LogP contribution in [0.3, 0.4) is 0 Å². The zero-order chi connectivity index (χ0) is 76.0. The Morgan fingerprint density at radius 2 is 0.619 bits per heavy atom. The van der Waals surface area contributed by atoms with E-state index >= 15 is 0 Å². The van der Waals surface area contributed by atoms with Crippen LogP contribution in [-0.2, 0) is 0 Å². The number of hydrogen-bond donors (Lipinski definition) is 0. The van der Waals surface area contributed by atoms with Gasteiger partial charge in [-0.05, 0) is 295 Å². The summed E-state index contributed by atoms with van der Waals surface area (Å²) in [5, 5.41) is 0. The molecule has 0 amide bonds. The van der Waals surface area contributed by atoms with Crippen molar-refractivity contribution in [1.29, 1.82) is 0 Å². The summed E-state index contributed by atoms with van der Waals surface area (Å²) >= 11 is 0. The molecular weight excluding hydrogens is 1180 g/mol. The number of allylic oxidation sites excluding steroid dienone is 1. The van der Waals surface area contributed by atoms with Crippen molar-refractivity contribution < 1.29 is 0 Å². The summed E-state index contributed by atoms with van der Waals surface area (Å²) in [5.74, 6) is 7.86. The fourth-order valence-corrected chi connectivity index (χ4v) is 21.2. The highest BCUT2D eigenvalue weighted by molar-refractivity contribution is 5.06. The summed E-state index contributed by atoms with van der Waals surface area (Å²) in [6.45, 7) is 112. The molecule has 1 aliphatic carbocycles. The van der Waals surface area contributed by atoms with Gasteiger partial charge in [0.25, 0.3) is 0 Å². The van der Waals surface area contributed by atoms with E-state index in [1.54, 1.807) is 0 Å². The molecule has 0 aromatic rings. The molecular formula is C91H184N6. The van der Waals surface area contributed by atoms with Gasteiger partial charge in [0.15, 0.2) is 0 Å². The first kappa shape index (κ1) is 92.6. The van der Waals surface area contributed by atoms with Crippen molar-refractivity contribution in [2.45, 2.75) is 450 Å². The van der Waals surface area contributed by atoms with Crippen LogP contribution < -0.4 is 0 Å². The summed E-state index contributed by atoms with van der Waals surface area (Å²) in [5.41, 5.74) is 4.22. The second kappa shape index (κ2) is 35.3. The van der Waals surface area contributed by atoms with Gasteiger partial charge in [-0.1, -0.05) is 217 Å². The first-order chi connectivity index (χ1) is 43.3. The summed E-state index contributed by atoms with van der Waals surface area (Å²) in [6, 6.07) is 4.41. The van der Waals surface area contributed by atoms with Crippen LogP contribution in [0.2, 0.25) is 0 Å². The topological polar surface area (TPSA) is 19.4 Å². The first-order valence-corrected chi connectivity index (χ1v) is 41.6. The van der Waals surface area contributed by atoms with Crippen LogP contribution in [0, 0.1) is 85.8 Å². The zero-order valence-electron chi connectivity index (χ0n) is 74.8. The maximum Gasteiger partial charge on any atom is 0.0181 e. The molecule has 7 rings (SSSR count). The van der Waals surface area contributed by atoms with E-state index in [4.69, 9.17) is 0 Å². The number of nitrogens with zero attached hydrogens (tertiary/aromatic N) is 6. The highest BCUT2D eigenvalue weighted by atomic mass is 15.3. The maximum absolute atomic E-state index is 3.91. The Labute approximate surface area is 613 Å². The van der Waals surface area contributed by atoms with E-state index in [1.165, 1.54) is 123 Å². The zero-order valence-corrected chi connectivity index (χ0v) is 74.8. The Morgan fingerprint density at radius 3 is 0.938 bits per heavy atom. The van der Waals surface area contributed by atoms with E-state index in [0.717, 1.165) is 89.9 Å². The molecule has 6 saturated heterocycles. The largest absolute Gasteiger partial charge is 0.295 e. The van der Waals surface area contributed by atoms with Crippen LogP contribution in [-0.4, -0.2) is 138 Å². The molecule has 13 atom stereocenters. The molecule has 7 aliphatic rings. The highest BCUT2D eigenvalue weighted by Crippen LogP contribution is 2.50. The van der Waals surface area contributed by atoms with Gasteiger partial charge in [0.05, 0.1) is 0 Å². The molecule has 0 N–H and O–H groups in total. The Morgan fingerprint density at radius 1 is 0.330 bits per heavy atom. The normalized spacial score (nSPS) is 30.0. The molecule has 0 radical (unpaired) electrons. The molecule has 0 aromatic heterocycles. The second-order valence-electron chi connectivity index (χ2n) is 46.2. The number of rotatable bonds is 7. The van der Waals surface area contributed by atoms with Gasteiger partial charge in [-0.25, -0.2) is 0 Å². The molecule has 97 heavy (non-hydrogen) atoms. The van der Waals surface area contributed by atoms with Crippen molar-refractivity contribution in [1.82, 2.24) is 29.4 Å². The van der Waals surface area contributed by atoms with Crippen LogP contribution in [0.25, 0.3) is 0 Å². The predicted molar refractivity (Wildman–Crippen MR) is 439 cm³/mol. The summed E-state index contributed by atoms with van der Waals surface area (Å²) < 4.78 is 0. The van der Waals surface area contributed by atoms with Gasteiger partial charge >= 0.3 is 0 Å². The van der Waals surface area contributed by atoms with E-state index in [-0.39, 0.29) is 5.54 Å². The Kier molecular flexibility index (Phi) is 33.7. The highest BCUT2D eigenvalue weighted by Gasteiger charge is 2.52. The Hall–Kier alpha value is -0.500. The quantitative estimate of drug-likeness (QED) is 0.235. The van der Waals surface area contributed by atoms with Crippen molar-refractivity contribution in [2.24, 2.45) is 85.8 Å². The monoisotopic (exact) mass is 1360 g/mol. The maximum atomic E-state index is 3.91. The minimum absolute atomic E-state index is 0.286. The van der Waals surface area contributed by atoms with E-state index < -0.39 is 0 Å². The van der Waals surface area contributed by atoms with Crippen molar-refractivity contribution >= 4 is 0 Å². The average Bonchev–Trinajstić information content (AvgIpc) is 1.69. The number of likely N-dealkylation sites (tertiary alicyclic amines) is 6. The molecule has 6 aliphatic heterocycles. The smallest absolute Gasteiger partial charge is 0.0181 e. The molecule has 6 heteroatoms. The molecule has 0 aromatic carbocycles. The average molecular weight is 1360 g/mol. The molecule has 6 heterocycles. The van der Waals surface area contributed by atoms with Crippen molar-refractivity contribution in [3.05, 3.63) is 12.7 Å². The van der Waals surface area contributed by atoms with Gasteiger partial charge in [-0.3, -0.25) is 29.4 Å². The molecule has 13 unspecified atom stereocenters. The van der Waals surface area contributed by atoms with E-state index in [9.17, 15) is 0 Å². The minimum Gasteiger partial charge on any atom is -0.295 e. The lowest BCUT2D eigenvalue weighted by Crippen LogP contribution is -2.52. The predicted octanol–water partition coefficient (Wildman–Crippen LogP) is 25.4. The molecule has 7 fully saturated rings. The molecule has 0 spiro atoms. The summed E-state index contributed by atoms with van der Waals surface area (Å²) in [6.07, 6.45) is 21.6. The van der Waals surface area contributed by atoms with Crippen LogP contribution in [0.4, 0.5) is 0 Å². The lowest BCUT2D eigenvalue weighted by atomic mass is 9.69. The van der Waals surface area contributed by atoms with Crippen molar-refractivity contribution in [3.8, 4) is 0 Å². The fraction of sp³-hybridized carbons (Fsp3) is 0.978. The van der Waals surface area contributed by atoms with E-state index in [2.05, 4.69) is 333 Å².